The van der Waals surface area contributed by atoms with E-state index in [1.807, 2.05) is 6.92 Å². The average Bonchev–Trinajstić information content (AvgIpc) is 2.70. The summed E-state index contributed by atoms with van der Waals surface area (Å²) in [6.07, 6.45) is 3.08. The Labute approximate surface area is 97.2 Å². The number of methoxy groups -OCH3 is 1. The SMILES string of the molecule is COC(=O)c1nn(-c2nccc(C)n2)cc1N. The van der Waals surface area contributed by atoms with E-state index in [-0.39, 0.29) is 11.4 Å². The molecule has 0 atom stereocenters. The molecule has 0 spiro atoms. The monoisotopic (exact) mass is 233 g/mol. The molecule has 2 N–H and O–H groups in total. The molecule has 7 nitrogen and oxygen atoms in total. The fourth-order valence-corrected chi connectivity index (χ4v) is 1.29. The second-order valence-corrected chi connectivity index (χ2v) is 3.37. The standard InChI is InChI=1S/C10H11N5O2/c1-6-3-4-12-10(13-6)15-5-7(11)8(14-15)9(16)17-2/h3-5H,11H2,1-2H3. The van der Waals surface area contributed by atoms with Crippen LogP contribution < -0.4 is 5.73 Å². The molecule has 2 rings (SSSR count). The molecule has 17 heavy (non-hydrogen) atoms. The van der Waals surface area contributed by atoms with Gasteiger partial charge in [0.25, 0.3) is 5.95 Å². The van der Waals surface area contributed by atoms with Crippen LogP contribution in [0, 0.1) is 6.92 Å². The predicted molar refractivity (Wildman–Crippen MR) is 59.6 cm³/mol. The lowest BCUT2D eigenvalue weighted by Gasteiger charge is -1.98. The number of nitrogens with two attached hydrogens (primary N) is 1. The van der Waals surface area contributed by atoms with Crippen LogP contribution in [-0.2, 0) is 4.74 Å². The van der Waals surface area contributed by atoms with Gasteiger partial charge in [0, 0.05) is 11.9 Å². The van der Waals surface area contributed by atoms with Crippen LogP contribution in [0.2, 0.25) is 0 Å². The summed E-state index contributed by atoms with van der Waals surface area (Å²) in [6, 6.07) is 1.76. The third-order valence-electron chi connectivity index (χ3n) is 2.11. The first kappa shape index (κ1) is 11.1. The van der Waals surface area contributed by atoms with E-state index in [2.05, 4.69) is 19.8 Å². The molecular formula is C10H11N5O2. The largest absolute Gasteiger partial charge is 0.464 e. The van der Waals surface area contributed by atoms with Crippen molar-refractivity contribution in [3.05, 3.63) is 29.8 Å². The van der Waals surface area contributed by atoms with Gasteiger partial charge in [-0.1, -0.05) is 0 Å². The van der Waals surface area contributed by atoms with Gasteiger partial charge in [-0.2, -0.15) is 5.10 Å². The molecule has 88 valence electrons. The minimum atomic E-state index is -0.589. The topological polar surface area (TPSA) is 95.9 Å². The van der Waals surface area contributed by atoms with E-state index in [0.717, 1.165) is 5.69 Å². The van der Waals surface area contributed by atoms with Crippen LogP contribution in [-0.4, -0.2) is 32.8 Å². The number of rotatable bonds is 2. The number of anilines is 1. The Bertz CT molecular complexity index is 564. The van der Waals surface area contributed by atoms with Gasteiger partial charge in [0.15, 0.2) is 5.69 Å². The van der Waals surface area contributed by atoms with Gasteiger partial charge in [0.1, 0.15) is 0 Å². The van der Waals surface area contributed by atoms with Gasteiger partial charge in [-0.3, -0.25) is 0 Å². The van der Waals surface area contributed by atoms with Crippen molar-refractivity contribution in [2.24, 2.45) is 0 Å². The number of esters is 1. The summed E-state index contributed by atoms with van der Waals surface area (Å²) < 4.78 is 5.90. The molecular weight excluding hydrogens is 222 g/mol. The van der Waals surface area contributed by atoms with E-state index in [1.165, 1.54) is 18.0 Å². The first-order chi connectivity index (χ1) is 8.11. The van der Waals surface area contributed by atoms with Gasteiger partial charge in [-0.15, -0.1) is 0 Å². The molecule has 0 saturated heterocycles. The zero-order valence-corrected chi connectivity index (χ0v) is 9.41. The number of nitrogens with zero attached hydrogens (tertiary/aromatic N) is 4. The molecule has 0 aromatic carbocycles. The number of hydrogen-bond donors (Lipinski definition) is 1. The lowest BCUT2D eigenvalue weighted by atomic mass is 10.4. The van der Waals surface area contributed by atoms with Crippen molar-refractivity contribution >= 4 is 11.7 Å². The quantitative estimate of drug-likeness (QED) is 0.751. The summed E-state index contributed by atoms with van der Waals surface area (Å²) >= 11 is 0. The van der Waals surface area contributed by atoms with Crippen LogP contribution in [0.3, 0.4) is 0 Å². The van der Waals surface area contributed by atoms with Gasteiger partial charge in [-0.05, 0) is 13.0 Å². The number of ether oxygens (including phenoxy) is 1. The number of nitrogen functional groups attached to an aromatic ring is 1. The molecule has 0 saturated carbocycles. The summed E-state index contributed by atoms with van der Waals surface area (Å²) in [4.78, 5) is 19.5. The number of aromatic nitrogens is 4. The second-order valence-electron chi connectivity index (χ2n) is 3.37. The summed E-state index contributed by atoms with van der Waals surface area (Å²) in [6.45, 7) is 1.83. The molecule has 2 aromatic heterocycles. The van der Waals surface area contributed by atoms with Crippen LogP contribution in [0.5, 0.6) is 0 Å². The van der Waals surface area contributed by atoms with E-state index in [9.17, 15) is 4.79 Å². The van der Waals surface area contributed by atoms with Gasteiger partial charge in [-0.25, -0.2) is 19.4 Å². The zero-order chi connectivity index (χ0) is 12.4. The molecule has 0 aliphatic rings. The summed E-state index contributed by atoms with van der Waals surface area (Å²) in [7, 11) is 1.27. The molecule has 0 radical (unpaired) electrons. The fraction of sp³-hybridized carbons (Fsp3) is 0.200. The molecule has 2 aromatic rings. The molecule has 0 aliphatic heterocycles. The van der Waals surface area contributed by atoms with Gasteiger partial charge < -0.3 is 10.5 Å². The van der Waals surface area contributed by atoms with E-state index in [4.69, 9.17) is 5.73 Å². The molecule has 0 amide bonds. The Hall–Kier alpha value is -2.44. The van der Waals surface area contributed by atoms with Crippen molar-refractivity contribution in [1.82, 2.24) is 19.7 Å². The second kappa shape index (κ2) is 4.20. The number of hydrogen-bond acceptors (Lipinski definition) is 6. The molecule has 7 heteroatoms. The first-order valence-corrected chi connectivity index (χ1v) is 4.85. The number of carbonyl (C=O) groups excluding carboxylic acids is 1. The lowest BCUT2D eigenvalue weighted by molar-refractivity contribution is 0.0594. The van der Waals surface area contributed by atoms with Crippen molar-refractivity contribution in [2.75, 3.05) is 12.8 Å². The molecule has 2 heterocycles. The Kier molecular flexibility index (Phi) is 2.73. The van der Waals surface area contributed by atoms with E-state index in [1.54, 1.807) is 12.3 Å². The highest BCUT2D eigenvalue weighted by atomic mass is 16.5. The van der Waals surface area contributed by atoms with Gasteiger partial charge in [0.2, 0.25) is 0 Å². The molecule has 0 fully saturated rings. The third-order valence-corrected chi connectivity index (χ3v) is 2.11. The van der Waals surface area contributed by atoms with Crippen LogP contribution in [0.25, 0.3) is 5.95 Å². The minimum Gasteiger partial charge on any atom is -0.464 e. The van der Waals surface area contributed by atoms with Crippen molar-refractivity contribution in [2.45, 2.75) is 6.92 Å². The van der Waals surface area contributed by atoms with E-state index in [0.29, 0.717) is 5.95 Å². The van der Waals surface area contributed by atoms with E-state index >= 15 is 0 Å². The zero-order valence-electron chi connectivity index (χ0n) is 9.41. The van der Waals surface area contributed by atoms with Crippen molar-refractivity contribution in [3.63, 3.8) is 0 Å². The van der Waals surface area contributed by atoms with Gasteiger partial charge >= 0.3 is 5.97 Å². The smallest absolute Gasteiger partial charge is 0.360 e. The van der Waals surface area contributed by atoms with Crippen LogP contribution in [0.15, 0.2) is 18.5 Å². The van der Waals surface area contributed by atoms with Crippen LogP contribution in [0.1, 0.15) is 16.2 Å². The predicted octanol–water partition coefficient (Wildman–Crippen LogP) is 0.340. The Morgan fingerprint density at radius 1 is 1.53 bits per heavy atom. The Morgan fingerprint density at radius 3 is 2.94 bits per heavy atom. The molecule has 0 unspecified atom stereocenters. The summed E-state index contributed by atoms with van der Waals surface area (Å²) in [5.41, 5.74) is 6.73. The van der Waals surface area contributed by atoms with Crippen molar-refractivity contribution < 1.29 is 9.53 Å². The van der Waals surface area contributed by atoms with Gasteiger partial charge in [0.05, 0.1) is 19.0 Å². The maximum Gasteiger partial charge on any atom is 0.360 e. The Balaban J connectivity index is 2.44. The maximum absolute atomic E-state index is 11.3. The van der Waals surface area contributed by atoms with E-state index < -0.39 is 5.97 Å². The van der Waals surface area contributed by atoms with Crippen molar-refractivity contribution in [3.8, 4) is 5.95 Å². The lowest BCUT2D eigenvalue weighted by Crippen LogP contribution is -2.07. The fourth-order valence-electron chi connectivity index (χ4n) is 1.29. The summed E-state index contributed by atoms with van der Waals surface area (Å²) in [5.74, 6) is -0.235. The average molecular weight is 233 g/mol. The number of aryl methyl sites for hydroxylation is 1. The minimum absolute atomic E-state index is 0.0533. The third kappa shape index (κ3) is 2.07. The highest BCUT2D eigenvalue weighted by Crippen LogP contribution is 2.12. The highest BCUT2D eigenvalue weighted by Gasteiger charge is 2.16. The Morgan fingerprint density at radius 2 is 2.29 bits per heavy atom. The molecule has 0 aliphatic carbocycles. The van der Waals surface area contributed by atoms with Crippen LogP contribution >= 0.6 is 0 Å². The number of carbonyl (C=O) groups is 1. The molecule has 0 bridgehead atoms. The maximum atomic E-state index is 11.3. The van der Waals surface area contributed by atoms with Crippen molar-refractivity contribution in [1.29, 1.82) is 0 Å². The van der Waals surface area contributed by atoms with Crippen LogP contribution in [0.4, 0.5) is 5.69 Å². The normalized spacial score (nSPS) is 10.2. The highest BCUT2D eigenvalue weighted by molar-refractivity contribution is 5.92. The first-order valence-electron chi connectivity index (χ1n) is 4.85. The summed E-state index contributed by atoms with van der Waals surface area (Å²) in [5, 5.41) is 3.98.